The molecular formula is C18H20BrNO2S. The van der Waals surface area contributed by atoms with Crippen LogP contribution >= 0.6 is 27.3 Å². The van der Waals surface area contributed by atoms with Gasteiger partial charge in [-0.25, -0.2) is 0 Å². The minimum atomic E-state index is 0.245. The predicted octanol–water partition coefficient (Wildman–Crippen LogP) is 4.86. The van der Waals surface area contributed by atoms with Gasteiger partial charge in [-0.1, -0.05) is 12.1 Å². The summed E-state index contributed by atoms with van der Waals surface area (Å²) in [4.78, 5) is 14.5. The molecule has 1 aromatic carbocycles. The topological polar surface area (TPSA) is 29.5 Å². The molecule has 1 heterocycles. The van der Waals surface area contributed by atoms with Crippen molar-refractivity contribution in [1.82, 2.24) is 4.90 Å². The number of nitrogens with zero attached hydrogens (tertiary/aromatic N) is 1. The van der Waals surface area contributed by atoms with Crippen molar-refractivity contribution in [2.24, 2.45) is 0 Å². The van der Waals surface area contributed by atoms with Crippen molar-refractivity contribution < 1.29 is 9.53 Å². The molecular weight excluding hydrogens is 374 g/mol. The van der Waals surface area contributed by atoms with Gasteiger partial charge in [0, 0.05) is 19.0 Å². The third-order valence-electron chi connectivity index (χ3n) is 3.87. The van der Waals surface area contributed by atoms with Crippen LogP contribution < -0.4 is 4.74 Å². The number of thiophene rings is 1. The molecule has 23 heavy (non-hydrogen) atoms. The molecule has 1 saturated carbocycles. The highest BCUT2D eigenvalue weighted by molar-refractivity contribution is 9.10. The molecule has 1 aliphatic rings. The number of hydrogen-bond donors (Lipinski definition) is 0. The normalized spacial score (nSPS) is 13.8. The summed E-state index contributed by atoms with van der Waals surface area (Å²) in [6, 6.07) is 10.3. The van der Waals surface area contributed by atoms with Gasteiger partial charge < -0.3 is 9.64 Å². The molecule has 5 heteroatoms. The molecule has 0 unspecified atom stereocenters. The van der Waals surface area contributed by atoms with E-state index in [0.29, 0.717) is 19.1 Å². The Balaban J connectivity index is 1.45. The van der Waals surface area contributed by atoms with Crippen LogP contribution in [0.15, 0.2) is 45.6 Å². The lowest BCUT2D eigenvalue weighted by molar-refractivity contribution is -0.132. The van der Waals surface area contributed by atoms with Gasteiger partial charge >= 0.3 is 0 Å². The zero-order chi connectivity index (χ0) is 16.1. The van der Waals surface area contributed by atoms with Crippen molar-refractivity contribution in [3.8, 4) is 5.75 Å². The Morgan fingerprint density at radius 3 is 2.83 bits per heavy atom. The fraction of sp³-hybridized carbons (Fsp3) is 0.389. The monoisotopic (exact) mass is 393 g/mol. The highest BCUT2D eigenvalue weighted by Gasteiger charge is 2.32. The number of halogens is 1. The van der Waals surface area contributed by atoms with E-state index in [1.807, 2.05) is 29.2 Å². The Morgan fingerprint density at radius 1 is 1.30 bits per heavy atom. The van der Waals surface area contributed by atoms with Crippen LogP contribution in [0.2, 0.25) is 0 Å². The molecule has 0 radical (unpaired) electrons. The fourth-order valence-corrected chi connectivity index (χ4v) is 3.56. The SMILES string of the molecule is O=C(CCCOc1ccccc1Br)N(Cc1ccsc1)C1CC1. The summed E-state index contributed by atoms with van der Waals surface area (Å²) in [5.41, 5.74) is 1.24. The number of carbonyl (C=O) groups is 1. The van der Waals surface area contributed by atoms with Gasteiger partial charge in [0.1, 0.15) is 5.75 Å². The average molecular weight is 394 g/mol. The zero-order valence-electron chi connectivity index (χ0n) is 12.9. The second-order valence-electron chi connectivity index (χ2n) is 5.77. The largest absolute Gasteiger partial charge is 0.492 e. The molecule has 1 aliphatic carbocycles. The highest BCUT2D eigenvalue weighted by Crippen LogP contribution is 2.29. The van der Waals surface area contributed by atoms with E-state index in [0.717, 1.165) is 36.0 Å². The van der Waals surface area contributed by atoms with Crippen LogP contribution in [0.1, 0.15) is 31.2 Å². The molecule has 1 aromatic heterocycles. The van der Waals surface area contributed by atoms with Crippen molar-refractivity contribution in [3.63, 3.8) is 0 Å². The number of hydrogen-bond acceptors (Lipinski definition) is 3. The Kier molecular flexibility index (Phi) is 5.73. The van der Waals surface area contributed by atoms with Gasteiger partial charge in [0.2, 0.25) is 5.91 Å². The van der Waals surface area contributed by atoms with E-state index in [2.05, 4.69) is 32.8 Å². The number of carbonyl (C=O) groups excluding carboxylic acids is 1. The van der Waals surface area contributed by atoms with Crippen LogP contribution in [-0.2, 0) is 11.3 Å². The standard InChI is InChI=1S/C18H20BrNO2S/c19-16-4-1-2-5-17(16)22-10-3-6-18(21)20(15-7-8-15)12-14-9-11-23-13-14/h1-2,4-5,9,11,13,15H,3,6-8,10,12H2. The van der Waals surface area contributed by atoms with E-state index < -0.39 is 0 Å². The first-order valence-electron chi connectivity index (χ1n) is 7.92. The lowest BCUT2D eigenvalue weighted by Gasteiger charge is -2.22. The van der Waals surface area contributed by atoms with Gasteiger partial charge in [0.25, 0.3) is 0 Å². The van der Waals surface area contributed by atoms with Crippen LogP contribution in [0.5, 0.6) is 5.75 Å². The maximum atomic E-state index is 12.5. The lowest BCUT2D eigenvalue weighted by atomic mass is 10.2. The second-order valence-corrected chi connectivity index (χ2v) is 7.40. The molecule has 3 nitrogen and oxygen atoms in total. The summed E-state index contributed by atoms with van der Waals surface area (Å²) < 4.78 is 6.68. The number of rotatable bonds is 8. The van der Waals surface area contributed by atoms with E-state index in [-0.39, 0.29) is 5.91 Å². The molecule has 0 bridgehead atoms. The molecule has 0 saturated heterocycles. The summed E-state index contributed by atoms with van der Waals surface area (Å²) in [5.74, 6) is 1.08. The van der Waals surface area contributed by atoms with E-state index in [1.165, 1.54) is 5.56 Å². The average Bonchev–Trinajstić information content (AvgIpc) is 3.26. The third-order valence-corrected chi connectivity index (χ3v) is 5.26. The van der Waals surface area contributed by atoms with Crippen molar-refractivity contribution in [2.45, 2.75) is 38.3 Å². The molecule has 1 amide bonds. The first-order chi connectivity index (χ1) is 11.2. The maximum Gasteiger partial charge on any atom is 0.223 e. The molecule has 0 N–H and O–H groups in total. The Hall–Kier alpha value is -1.33. The van der Waals surface area contributed by atoms with Gasteiger partial charge in [-0.3, -0.25) is 4.79 Å². The molecule has 122 valence electrons. The van der Waals surface area contributed by atoms with E-state index in [1.54, 1.807) is 11.3 Å². The number of benzene rings is 1. The van der Waals surface area contributed by atoms with Crippen LogP contribution in [-0.4, -0.2) is 23.5 Å². The number of amides is 1. The van der Waals surface area contributed by atoms with Gasteiger partial charge in [-0.2, -0.15) is 11.3 Å². The van der Waals surface area contributed by atoms with Crippen LogP contribution in [0.25, 0.3) is 0 Å². The lowest BCUT2D eigenvalue weighted by Crippen LogP contribution is -2.32. The van der Waals surface area contributed by atoms with Gasteiger partial charge in [0.15, 0.2) is 0 Å². The van der Waals surface area contributed by atoms with E-state index in [4.69, 9.17) is 4.74 Å². The van der Waals surface area contributed by atoms with Crippen LogP contribution in [0.4, 0.5) is 0 Å². The van der Waals surface area contributed by atoms with Crippen molar-refractivity contribution >= 4 is 33.2 Å². The zero-order valence-corrected chi connectivity index (χ0v) is 15.3. The summed E-state index contributed by atoms with van der Waals surface area (Å²) in [7, 11) is 0. The third kappa shape index (κ3) is 4.82. The van der Waals surface area contributed by atoms with Gasteiger partial charge in [-0.05, 0) is 69.7 Å². The summed E-state index contributed by atoms with van der Waals surface area (Å²) in [6.07, 6.45) is 3.57. The van der Waals surface area contributed by atoms with Crippen LogP contribution in [0, 0.1) is 0 Å². The predicted molar refractivity (Wildman–Crippen MR) is 96.8 cm³/mol. The maximum absolute atomic E-state index is 12.5. The quantitative estimate of drug-likeness (QED) is 0.599. The van der Waals surface area contributed by atoms with E-state index in [9.17, 15) is 4.79 Å². The first kappa shape index (κ1) is 16.5. The Morgan fingerprint density at radius 2 is 2.13 bits per heavy atom. The summed E-state index contributed by atoms with van der Waals surface area (Å²) in [6.45, 7) is 1.31. The molecule has 3 rings (SSSR count). The Labute approximate surface area is 149 Å². The molecule has 0 spiro atoms. The van der Waals surface area contributed by atoms with E-state index >= 15 is 0 Å². The highest BCUT2D eigenvalue weighted by atomic mass is 79.9. The van der Waals surface area contributed by atoms with Crippen LogP contribution in [0.3, 0.4) is 0 Å². The van der Waals surface area contributed by atoms with Crippen molar-refractivity contribution in [1.29, 1.82) is 0 Å². The summed E-state index contributed by atoms with van der Waals surface area (Å²) >= 11 is 5.15. The van der Waals surface area contributed by atoms with Crippen molar-refractivity contribution in [2.75, 3.05) is 6.61 Å². The van der Waals surface area contributed by atoms with Gasteiger partial charge in [0.05, 0.1) is 11.1 Å². The number of ether oxygens (including phenoxy) is 1. The van der Waals surface area contributed by atoms with Gasteiger partial charge in [-0.15, -0.1) is 0 Å². The minimum Gasteiger partial charge on any atom is -0.492 e. The molecule has 2 aromatic rings. The second kappa shape index (κ2) is 7.97. The Bertz CT molecular complexity index is 640. The van der Waals surface area contributed by atoms with Crippen molar-refractivity contribution in [3.05, 3.63) is 51.1 Å². The fourth-order valence-electron chi connectivity index (χ4n) is 2.50. The first-order valence-corrected chi connectivity index (χ1v) is 9.65. The molecule has 1 fully saturated rings. The minimum absolute atomic E-state index is 0.245. The molecule has 0 aliphatic heterocycles. The smallest absolute Gasteiger partial charge is 0.223 e. The number of para-hydroxylation sites is 1. The molecule has 0 atom stereocenters. The summed E-state index contributed by atoms with van der Waals surface area (Å²) in [5, 5.41) is 4.19.